The average molecular weight is 248 g/mol. The third kappa shape index (κ3) is 4.26. The monoisotopic (exact) mass is 248 g/mol. The Labute approximate surface area is 110 Å². The molecule has 1 aromatic rings. The van der Waals surface area contributed by atoms with Crippen molar-refractivity contribution in [3.05, 3.63) is 18.5 Å². The summed E-state index contributed by atoms with van der Waals surface area (Å²) in [5.74, 6) is 0.734. The van der Waals surface area contributed by atoms with Crippen molar-refractivity contribution < 1.29 is 0 Å². The van der Waals surface area contributed by atoms with Gasteiger partial charge in [-0.05, 0) is 38.9 Å². The lowest BCUT2D eigenvalue weighted by atomic mass is 9.94. The van der Waals surface area contributed by atoms with E-state index < -0.39 is 0 Å². The molecule has 1 aromatic heterocycles. The number of anilines is 1. The molecule has 100 valence electrons. The van der Waals surface area contributed by atoms with Gasteiger partial charge in [0.2, 0.25) is 5.95 Å². The predicted octanol–water partition coefficient (Wildman–Crippen LogP) is 2.54. The lowest BCUT2D eigenvalue weighted by Crippen LogP contribution is -2.34. The van der Waals surface area contributed by atoms with Gasteiger partial charge in [-0.2, -0.15) is 0 Å². The van der Waals surface area contributed by atoms with E-state index in [0.29, 0.717) is 0 Å². The highest BCUT2D eigenvalue weighted by atomic mass is 15.1. The first-order chi connectivity index (χ1) is 8.86. The van der Waals surface area contributed by atoms with Crippen LogP contribution in [0.5, 0.6) is 0 Å². The molecule has 0 spiro atoms. The van der Waals surface area contributed by atoms with Crippen LogP contribution in [0, 0.1) is 0 Å². The van der Waals surface area contributed by atoms with Gasteiger partial charge in [-0.3, -0.25) is 0 Å². The molecule has 1 fully saturated rings. The van der Waals surface area contributed by atoms with Crippen LogP contribution in [0.25, 0.3) is 0 Å². The standard InChI is InChI=1S/C14H24N4/c1-18(13-7-3-2-4-8-13)12-6-11-17-14-15-9-5-10-16-14/h5,9-10,13H,2-4,6-8,11-12H2,1H3,(H,15,16,17). The fourth-order valence-electron chi connectivity index (χ4n) is 2.62. The Hall–Kier alpha value is -1.16. The summed E-state index contributed by atoms with van der Waals surface area (Å²) in [5.41, 5.74) is 0. The minimum absolute atomic E-state index is 0.734. The van der Waals surface area contributed by atoms with Crippen LogP contribution in [-0.2, 0) is 0 Å². The predicted molar refractivity (Wildman–Crippen MR) is 74.6 cm³/mol. The van der Waals surface area contributed by atoms with Crippen molar-refractivity contribution in [2.24, 2.45) is 0 Å². The molecule has 2 rings (SSSR count). The molecule has 0 unspecified atom stereocenters. The number of nitrogens with zero attached hydrogens (tertiary/aromatic N) is 3. The maximum Gasteiger partial charge on any atom is 0.222 e. The summed E-state index contributed by atoms with van der Waals surface area (Å²) in [6.45, 7) is 2.10. The summed E-state index contributed by atoms with van der Waals surface area (Å²) >= 11 is 0. The molecule has 1 N–H and O–H groups in total. The van der Waals surface area contributed by atoms with Crippen LogP contribution in [0.1, 0.15) is 38.5 Å². The first-order valence-corrected chi connectivity index (χ1v) is 7.07. The third-order valence-corrected chi connectivity index (χ3v) is 3.73. The maximum atomic E-state index is 4.15. The fraction of sp³-hybridized carbons (Fsp3) is 0.714. The Balaban J connectivity index is 1.60. The largest absolute Gasteiger partial charge is 0.354 e. The molecule has 4 heteroatoms. The minimum atomic E-state index is 0.734. The van der Waals surface area contributed by atoms with Gasteiger partial charge in [0, 0.05) is 25.0 Å². The van der Waals surface area contributed by atoms with E-state index in [1.54, 1.807) is 12.4 Å². The smallest absolute Gasteiger partial charge is 0.222 e. The Morgan fingerprint density at radius 1 is 1.22 bits per heavy atom. The molecule has 18 heavy (non-hydrogen) atoms. The summed E-state index contributed by atoms with van der Waals surface area (Å²) < 4.78 is 0. The van der Waals surface area contributed by atoms with Gasteiger partial charge in [-0.15, -0.1) is 0 Å². The zero-order chi connectivity index (χ0) is 12.6. The first kappa shape index (κ1) is 13.3. The summed E-state index contributed by atoms with van der Waals surface area (Å²) in [4.78, 5) is 10.8. The molecule has 0 aliphatic heterocycles. The summed E-state index contributed by atoms with van der Waals surface area (Å²) in [6, 6.07) is 2.65. The van der Waals surface area contributed by atoms with Crippen molar-refractivity contribution in [3.8, 4) is 0 Å². The van der Waals surface area contributed by atoms with Crippen LogP contribution < -0.4 is 5.32 Å². The number of rotatable bonds is 6. The number of aromatic nitrogens is 2. The zero-order valence-electron chi connectivity index (χ0n) is 11.3. The minimum Gasteiger partial charge on any atom is -0.354 e. The molecule has 0 amide bonds. The number of hydrogen-bond acceptors (Lipinski definition) is 4. The van der Waals surface area contributed by atoms with Crippen LogP contribution in [-0.4, -0.2) is 41.0 Å². The Morgan fingerprint density at radius 2 is 1.94 bits per heavy atom. The second kappa shape index (κ2) is 7.31. The molecule has 0 bridgehead atoms. The number of hydrogen-bond donors (Lipinski definition) is 1. The Kier molecular flexibility index (Phi) is 5.39. The normalized spacial score (nSPS) is 17.0. The van der Waals surface area contributed by atoms with Gasteiger partial charge < -0.3 is 10.2 Å². The third-order valence-electron chi connectivity index (χ3n) is 3.73. The summed E-state index contributed by atoms with van der Waals surface area (Å²) in [6.07, 6.45) is 11.7. The second-order valence-electron chi connectivity index (χ2n) is 5.13. The zero-order valence-corrected chi connectivity index (χ0v) is 11.3. The fourth-order valence-corrected chi connectivity index (χ4v) is 2.62. The van der Waals surface area contributed by atoms with Gasteiger partial charge in [-0.25, -0.2) is 9.97 Å². The molecule has 0 radical (unpaired) electrons. The number of nitrogens with one attached hydrogen (secondary N) is 1. The van der Waals surface area contributed by atoms with Crippen molar-refractivity contribution >= 4 is 5.95 Å². The molecular weight excluding hydrogens is 224 g/mol. The lowest BCUT2D eigenvalue weighted by Gasteiger charge is -2.31. The molecule has 4 nitrogen and oxygen atoms in total. The quantitative estimate of drug-likeness (QED) is 0.786. The molecule has 1 aliphatic carbocycles. The molecule has 0 atom stereocenters. The highest BCUT2D eigenvalue weighted by Gasteiger charge is 2.17. The summed E-state index contributed by atoms with van der Waals surface area (Å²) in [5, 5.41) is 3.25. The SMILES string of the molecule is CN(CCCNc1ncccn1)C1CCCCC1. The maximum absolute atomic E-state index is 4.15. The van der Waals surface area contributed by atoms with Crippen molar-refractivity contribution in [2.75, 3.05) is 25.5 Å². The molecule has 0 aromatic carbocycles. The highest BCUT2D eigenvalue weighted by Crippen LogP contribution is 2.21. The van der Waals surface area contributed by atoms with Crippen LogP contribution in [0.2, 0.25) is 0 Å². The van der Waals surface area contributed by atoms with Gasteiger partial charge in [0.25, 0.3) is 0 Å². The molecular formula is C14H24N4. The van der Waals surface area contributed by atoms with E-state index in [2.05, 4.69) is 27.2 Å². The van der Waals surface area contributed by atoms with Crippen LogP contribution >= 0.6 is 0 Å². The van der Waals surface area contributed by atoms with E-state index in [9.17, 15) is 0 Å². The van der Waals surface area contributed by atoms with Crippen molar-refractivity contribution in [1.82, 2.24) is 14.9 Å². The van der Waals surface area contributed by atoms with Crippen LogP contribution in [0.15, 0.2) is 18.5 Å². The topological polar surface area (TPSA) is 41.0 Å². The van der Waals surface area contributed by atoms with Crippen molar-refractivity contribution in [3.63, 3.8) is 0 Å². The molecule has 1 aliphatic rings. The van der Waals surface area contributed by atoms with E-state index in [1.165, 1.54) is 32.1 Å². The van der Waals surface area contributed by atoms with E-state index >= 15 is 0 Å². The van der Waals surface area contributed by atoms with E-state index in [0.717, 1.165) is 31.5 Å². The summed E-state index contributed by atoms with van der Waals surface area (Å²) in [7, 11) is 2.26. The average Bonchev–Trinajstić information content (AvgIpc) is 2.45. The molecule has 0 saturated heterocycles. The first-order valence-electron chi connectivity index (χ1n) is 7.07. The molecule has 1 saturated carbocycles. The highest BCUT2D eigenvalue weighted by molar-refractivity contribution is 5.21. The van der Waals surface area contributed by atoms with Crippen LogP contribution in [0.4, 0.5) is 5.95 Å². The van der Waals surface area contributed by atoms with Gasteiger partial charge in [0.05, 0.1) is 0 Å². The van der Waals surface area contributed by atoms with E-state index in [1.807, 2.05) is 6.07 Å². The lowest BCUT2D eigenvalue weighted by molar-refractivity contribution is 0.191. The van der Waals surface area contributed by atoms with E-state index in [-0.39, 0.29) is 0 Å². The van der Waals surface area contributed by atoms with Crippen molar-refractivity contribution in [2.45, 2.75) is 44.6 Å². The van der Waals surface area contributed by atoms with Crippen molar-refractivity contribution in [1.29, 1.82) is 0 Å². The Bertz CT molecular complexity index is 322. The van der Waals surface area contributed by atoms with Gasteiger partial charge >= 0.3 is 0 Å². The Morgan fingerprint density at radius 3 is 2.67 bits per heavy atom. The van der Waals surface area contributed by atoms with Crippen LogP contribution in [0.3, 0.4) is 0 Å². The second-order valence-corrected chi connectivity index (χ2v) is 5.13. The van der Waals surface area contributed by atoms with Gasteiger partial charge in [0.15, 0.2) is 0 Å². The van der Waals surface area contributed by atoms with Gasteiger partial charge in [-0.1, -0.05) is 19.3 Å². The van der Waals surface area contributed by atoms with E-state index in [4.69, 9.17) is 0 Å². The molecule has 1 heterocycles. The van der Waals surface area contributed by atoms with Gasteiger partial charge in [0.1, 0.15) is 0 Å².